The van der Waals surface area contributed by atoms with Crippen LogP contribution in [0.1, 0.15) is 60.0 Å². The maximum absolute atomic E-state index is 12.6. The second-order valence-electron chi connectivity index (χ2n) is 7.03. The fourth-order valence-corrected chi connectivity index (χ4v) is 4.02. The van der Waals surface area contributed by atoms with Crippen LogP contribution in [-0.4, -0.2) is 11.5 Å². The normalized spacial score (nSPS) is 20.8. The number of benzene rings is 1. The maximum atomic E-state index is 12.6. The van der Waals surface area contributed by atoms with Crippen molar-refractivity contribution in [3.63, 3.8) is 0 Å². The number of amides is 1. The SMILES string of the molecule is Cc1cc(=O)cc(C(=O)NC2CC3(CCCC3)Oc3ccccc32)o1. The standard InChI is InChI=1S/C20H21NO4/c1-13-10-14(22)11-18(24-13)19(23)21-16-12-20(8-4-5-9-20)25-17-7-3-2-6-15(16)17/h2-3,6-7,10-11,16H,4-5,8-9,12H2,1H3,(H,21,23). The van der Waals surface area contributed by atoms with Gasteiger partial charge in [0.05, 0.1) is 6.04 Å². The summed E-state index contributed by atoms with van der Waals surface area (Å²) in [6.45, 7) is 1.66. The van der Waals surface area contributed by atoms with Gasteiger partial charge in [0.15, 0.2) is 11.2 Å². The molecule has 1 aliphatic carbocycles. The van der Waals surface area contributed by atoms with Crippen LogP contribution in [0.3, 0.4) is 0 Å². The van der Waals surface area contributed by atoms with Crippen LogP contribution in [0, 0.1) is 6.92 Å². The molecule has 1 atom stereocenters. The molecule has 130 valence electrons. The van der Waals surface area contributed by atoms with Crippen LogP contribution in [0.5, 0.6) is 5.75 Å². The molecule has 2 heterocycles. The summed E-state index contributed by atoms with van der Waals surface area (Å²) in [6, 6.07) is 10.3. The van der Waals surface area contributed by atoms with Gasteiger partial charge >= 0.3 is 0 Å². The van der Waals surface area contributed by atoms with Crippen molar-refractivity contribution < 1.29 is 13.9 Å². The second-order valence-corrected chi connectivity index (χ2v) is 7.03. The van der Waals surface area contributed by atoms with E-state index in [2.05, 4.69) is 5.32 Å². The van der Waals surface area contributed by atoms with Gasteiger partial charge in [-0.3, -0.25) is 9.59 Å². The van der Waals surface area contributed by atoms with E-state index < -0.39 is 0 Å². The zero-order valence-corrected chi connectivity index (χ0v) is 14.2. The van der Waals surface area contributed by atoms with Crippen molar-refractivity contribution in [1.29, 1.82) is 0 Å². The first-order valence-electron chi connectivity index (χ1n) is 8.75. The van der Waals surface area contributed by atoms with Gasteiger partial charge in [-0.15, -0.1) is 0 Å². The molecule has 25 heavy (non-hydrogen) atoms. The molecule has 5 nitrogen and oxygen atoms in total. The van der Waals surface area contributed by atoms with Gasteiger partial charge in [-0.05, 0) is 38.7 Å². The van der Waals surface area contributed by atoms with Gasteiger partial charge in [-0.2, -0.15) is 0 Å². The quantitative estimate of drug-likeness (QED) is 0.909. The Balaban J connectivity index is 1.64. The molecule has 1 aromatic carbocycles. The van der Waals surface area contributed by atoms with Crippen molar-refractivity contribution in [2.45, 2.75) is 50.7 Å². The fraction of sp³-hybridized carbons (Fsp3) is 0.400. The lowest BCUT2D eigenvalue weighted by molar-refractivity contribution is 0.0356. The lowest BCUT2D eigenvalue weighted by Crippen LogP contribution is -2.43. The van der Waals surface area contributed by atoms with E-state index in [9.17, 15) is 9.59 Å². The van der Waals surface area contributed by atoms with E-state index in [0.717, 1.165) is 43.4 Å². The van der Waals surface area contributed by atoms with Crippen LogP contribution in [0.4, 0.5) is 0 Å². The Kier molecular flexibility index (Phi) is 3.86. The van der Waals surface area contributed by atoms with Crippen molar-refractivity contribution >= 4 is 5.91 Å². The van der Waals surface area contributed by atoms with Crippen molar-refractivity contribution in [3.05, 3.63) is 63.7 Å². The Morgan fingerprint density at radius 1 is 1.20 bits per heavy atom. The molecule has 1 N–H and O–H groups in total. The number of hydrogen-bond donors (Lipinski definition) is 1. The number of carbonyl (C=O) groups is 1. The molecule has 0 saturated heterocycles. The largest absolute Gasteiger partial charge is 0.487 e. The first-order chi connectivity index (χ1) is 12.0. The van der Waals surface area contributed by atoms with Crippen molar-refractivity contribution in [3.8, 4) is 5.75 Å². The highest BCUT2D eigenvalue weighted by Crippen LogP contribution is 2.47. The van der Waals surface area contributed by atoms with Crippen molar-refractivity contribution in [1.82, 2.24) is 5.32 Å². The molecule has 1 amide bonds. The number of nitrogens with one attached hydrogen (secondary N) is 1. The lowest BCUT2D eigenvalue weighted by atomic mass is 9.86. The van der Waals surface area contributed by atoms with Gasteiger partial charge < -0.3 is 14.5 Å². The molecule has 1 aliphatic heterocycles. The minimum absolute atomic E-state index is 0.0504. The molecular formula is C20H21NO4. The molecule has 2 aromatic rings. The number of ether oxygens (including phenoxy) is 1. The summed E-state index contributed by atoms with van der Waals surface area (Å²) < 4.78 is 11.7. The van der Waals surface area contributed by atoms with Crippen LogP contribution in [0.2, 0.25) is 0 Å². The topological polar surface area (TPSA) is 68.5 Å². The Morgan fingerprint density at radius 3 is 2.72 bits per heavy atom. The maximum Gasteiger partial charge on any atom is 0.287 e. The van der Waals surface area contributed by atoms with Crippen LogP contribution < -0.4 is 15.5 Å². The second kappa shape index (κ2) is 6.06. The van der Waals surface area contributed by atoms with E-state index in [4.69, 9.17) is 9.15 Å². The first kappa shape index (κ1) is 15.9. The summed E-state index contributed by atoms with van der Waals surface area (Å²) in [7, 11) is 0. The van der Waals surface area contributed by atoms with Gasteiger partial charge in [-0.25, -0.2) is 0 Å². The smallest absolute Gasteiger partial charge is 0.287 e. The zero-order valence-electron chi connectivity index (χ0n) is 14.2. The number of aryl methyl sites for hydroxylation is 1. The Morgan fingerprint density at radius 2 is 1.96 bits per heavy atom. The molecule has 1 saturated carbocycles. The molecule has 0 radical (unpaired) electrons. The third-order valence-corrected chi connectivity index (χ3v) is 5.13. The van der Waals surface area contributed by atoms with Gasteiger partial charge in [0, 0.05) is 24.1 Å². The predicted molar refractivity (Wildman–Crippen MR) is 92.8 cm³/mol. The molecule has 0 bridgehead atoms. The number of carbonyl (C=O) groups excluding carboxylic acids is 1. The third kappa shape index (κ3) is 3.06. The highest BCUT2D eigenvalue weighted by molar-refractivity contribution is 5.91. The number of rotatable bonds is 2. The summed E-state index contributed by atoms with van der Waals surface area (Å²) in [5.41, 5.74) is 0.552. The van der Waals surface area contributed by atoms with Crippen molar-refractivity contribution in [2.24, 2.45) is 0 Å². The van der Waals surface area contributed by atoms with E-state index in [1.807, 2.05) is 24.3 Å². The van der Waals surface area contributed by atoms with E-state index in [-0.39, 0.29) is 28.7 Å². The number of para-hydroxylation sites is 1. The molecule has 1 unspecified atom stereocenters. The highest BCUT2D eigenvalue weighted by atomic mass is 16.5. The van der Waals surface area contributed by atoms with Gasteiger partial charge in [0.25, 0.3) is 5.91 Å². The molecular weight excluding hydrogens is 318 g/mol. The summed E-state index contributed by atoms with van der Waals surface area (Å²) in [5.74, 6) is 0.953. The molecule has 1 aromatic heterocycles. The Hall–Kier alpha value is -2.56. The third-order valence-electron chi connectivity index (χ3n) is 5.13. The summed E-state index contributed by atoms with van der Waals surface area (Å²) in [4.78, 5) is 24.3. The number of hydrogen-bond acceptors (Lipinski definition) is 4. The molecule has 1 fully saturated rings. The van der Waals surface area contributed by atoms with Gasteiger partial charge in [-0.1, -0.05) is 18.2 Å². The lowest BCUT2D eigenvalue weighted by Gasteiger charge is -2.40. The molecule has 4 rings (SSSR count). The minimum Gasteiger partial charge on any atom is -0.487 e. The average Bonchev–Trinajstić information content (AvgIpc) is 3.01. The highest BCUT2D eigenvalue weighted by Gasteiger charge is 2.43. The van der Waals surface area contributed by atoms with E-state index in [1.165, 1.54) is 12.1 Å². The first-order valence-corrected chi connectivity index (χ1v) is 8.75. The van der Waals surface area contributed by atoms with E-state index in [1.54, 1.807) is 6.92 Å². The van der Waals surface area contributed by atoms with E-state index >= 15 is 0 Å². The van der Waals surface area contributed by atoms with Crippen LogP contribution in [-0.2, 0) is 0 Å². The van der Waals surface area contributed by atoms with Crippen LogP contribution >= 0.6 is 0 Å². The average molecular weight is 339 g/mol. The van der Waals surface area contributed by atoms with Gasteiger partial charge in [0.1, 0.15) is 17.1 Å². The van der Waals surface area contributed by atoms with Crippen molar-refractivity contribution in [2.75, 3.05) is 0 Å². The molecule has 1 spiro atoms. The zero-order chi connectivity index (χ0) is 17.4. The molecule has 5 heteroatoms. The number of fused-ring (bicyclic) bond motifs is 1. The van der Waals surface area contributed by atoms with Gasteiger partial charge in [0.2, 0.25) is 0 Å². The van der Waals surface area contributed by atoms with E-state index in [0.29, 0.717) is 5.76 Å². The minimum atomic E-state index is -0.365. The van der Waals surface area contributed by atoms with Crippen LogP contribution in [0.15, 0.2) is 45.6 Å². The Labute approximate surface area is 146 Å². The summed E-state index contributed by atoms with van der Waals surface area (Å²) in [6.07, 6.45) is 5.05. The Bertz CT molecular complexity index is 864. The van der Waals surface area contributed by atoms with Crippen LogP contribution in [0.25, 0.3) is 0 Å². The monoisotopic (exact) mass is 339 g/mol. The fourth-order valence-electron chi connectivity index (χ4n) is 4.02. The summed E-state index contributed by atoms with van der Waals surface area (Å²) >= 11 is 0. The molecule has 2 aliphatic rings. The predicted octanol–water partition coefficient (Wildman–Crippen LogP) is 3.51. The summed E-state index contributed by atoms with van der Waals surface area (Å²) in [5, 5.41) is 3.05.